The summed E-state index contributed by atoms with van der Waals surface area (Å²) >= 11 is 0. The van der Waals surface area contributed by atoms with Crippen LogP contribution >= 0.6 is 0 Å². The molecule has 1 unspecified atom stereocenters. The number of alkyl halides is 5. The summed E-state index contributed by atoms with van der Waals surface area (Å²) in [6.45, 7) is 1.13. The Morgan fingerprint density at radius 2 is 1.85 bits per heavy atom. The van der Waals surface area contributed by atoms with Gasteiger partial charge in [-0.2, -0.15) is 13.2 Å². The van der Waals surface area contributed by atoms with Gasteiger partial charge in [-0.05, 0) is 24.3 Å². The Hall–Kier alpha value is -3.45. The lowest BCUT2D eigenvalue weighted by Crippen LogP contribution is -2.45. The summed E-state index contributed by atoms with van der Waals surface area (Å²) in [5, 5.41) is 3.43. The van der Waals surface area contributed by atoms with Crippen molar-refractivity contribution in [3.63, 3.8) is 0 Å². The molecule has 0 radical (unpaired) electrons. The summed E-state index contributed by atoms with van der Waals surface area (Å²) in [5.74, 6) is -3.83. The Labute approximate surface area is 222 Å². The molecule has 4 rings (SSSR count). The second-order valence-corrected chi connectivity index (χ2v) is 9.41. The van der Waals surface area contributed by atoms with Gasteiger partial charge in [0.1, 0.15) is 5.82 Å². The highest BCUT2D eigenvalue weighted by Crippen LogP contribution is 2.33. The number of amides is 1. The monoisotopic (exact) mass is 552 g/mol. The predicted molar refractivity (Wildman–Crippen MR) is 135 cm³/mol. The molecule has 1 aliphatic rings. The number of likely N-dealkylation sites (tertiary alicyclic amines) is 1. The zero-order valence-corrected chi connectivity index (χ0v) is 21.5. The zero-order valence-electron chi connectivity index (χ0n) is 21.5. The van der Waals surface area contributed by atoms with Gasteiger partial charge in [0.25, 0.3) is 11.8 Å². The van der Waals surface area contributed by atoms with Crippen LogP contribution in [0.25, 0.3) is 10.9 Å². The van der Waals surface area contributed by atoms with Gasteiger partial charge < -0.3 is 15.0 Å². The maximum absolute atomic E-state index is 13.8. The third-order valence-corrected chi connectivity index (χ3v) is 6.72. The van der Waals surface area contributed by atoms with Crippen LogP contribution in [0.4, 0.5) is 27.8 Å². The lowest BCUT2D eigenvalue weighted by molar-refractivity contribution is -0.145. The molecule has 3 aromatic rings. The third kappa shape index (κ3) is 6.95. The molecule has 0 aliphatic carbocycles. The normalized spacial score (nSPS) is 16.7. The van der Waals surface area contributed by atoms with Crippen LogP contribution in [0.2, 0.25) is 0 Å². The number of methoxy groups -OCH3 is 1. The quantitative estimate of drug-likeness (QED) is 0.396. The van der Waals surface area contributed by atoms with Crippen LogP contribution < -0.4 is 10.2 Å². The molecule has 0 bridgehead atoms. The number of likely N-dealkylation sites (N-methyl/N-ethyl adjacent to an activating group) is 1. The molecular weight excluding hydrogens is 523 g/mol. The van der Waals surface area contributed by atoms with Gasteiger partial charge >= 0.3 is 6.18 Å². The fourth-order valence-electron chi connectivity index (χ4n) is 4.46. The van der Waals surface area contributed by atoms with E-state index in [2.05, 4.69) is 20.3 Å². The smallest absolute Gasteiger partial charge is 0.383 e. The van der Waals surface area contributed by atoms with Gasteiger partial charge in [0, 0.05) is 82.1 Å². The highest BCUT2D eigenvalue weighted by atomic mass is 19.4. The van der Waals surface area contributed by atoms with E-state index in [0.717, 1.165) is 12.4 Å². The minimum absolute atomic E-state index is 0.00606. The molecule has 8 nitrogen and oxygen atoms in total. The first kappa shape index (κ1) is 28.6. The molecule has 1 aromatic carbocycles. The van der Waals surface area contributed by atoms with Gasteiger partial charge in [0.2, 0.25) is 5.82 Å². The number of carbonyl (C=O) groups excluding carboxylic acids is 1. The second kappa shape index (κ2) is 11.7. The van der Waals surface area contributed by atoms with E-state index in [1.165, 1.54) is 0 Å². The number of rotatable bonds is 9. The van der Waals surface area contributed by atoms with Crippen molar-refractivity contribution in [2.24, 2.45) is 0 Å². The first-order chi connectivity index (χ1) is 18.5. The largest absolute Gasteiger partial charge is 0.451 e. The standard InChI is InChI=1S/C26H29F5N6O2/c1-36(12-13-39-2)22-7-6-18-19(4-3-5-20(18)35-22)23(38)32-16-21(37-10-8-25(27,28)9-11-37)17-14-33-24(34-15-17)26(29,30)31/h3-7,14-15,21H,8-13,16H2,1-2H3,(H,32,38). The van der Waals surface area contributed by atoms with E-state index in [4.69, 9.17) is 4.74 Å². The number of nitrogens with one attached hydrogen (secondary N) is 1. The maximum atomic E-state index is 13.8. The van der Waals surface area contributed by atoms with Crippen molar-refractivity contribution in [1.82, 2.24) is 25.2 Å². The van der Waals surface area contributed by atoms with E-state index in [-0.39, 0.29) is 25.2 Å². The van der Waals surface area contributed by atoms with Crippen LogP contribution in [0.5, 0.6) is 0 Å². The number of piperidine rings is 1. The number of pyridine rings is 1. The van der Waals surface area contributed by atoms with Crippen molar-refractivity contribution in [1.29, 1.82) is 0 Å². The van der Waals surface area contributed by atoms with Crippen molar-refractivity contribution in [2.45, 2.75) is 31.0 Å². The molecule has 0 spiro atoms. The highest BCUT2D eigenvalue weighted by Gasteiger charge is 2.38. The van der Waals surface area contributed by atoms with Crippen molar-refractivity contribution in [3.05, 3.63) is 59.7 Å². The van der Waals surface area contributed by atoms with Gasteiger partial charge in [-0.15, -0.1) is 0 Å². The summed E-state index contributed by atoms with van der Waals surface area (Å²) < 4.78 is 71.6. The molecule has 1 fully saturated rings. The number of carbonyl (C=O) groups is 1. The minimum Gasteiger partial charge on any atom is -0.383 e. The van der Waals surface area contributed by atoms with Gasteiger partial charge in [0.05, 0.1) is 18.2 Å². The summed E-state index contributed by atoms with van der Waals surface area (Å²) in [6.07, 6.45) is -3.44. The molecule has 1 atom stereocenters. The summed E-state index contributed by atoms with van der Waals surface area (Å²) in [7, 11) is 3.49. The van der Waals surface area contributed by atoms with Crippen molar-refractivity contribution in [2.75, 3.05) is 51.8 Å². The number of ether oxygens (including phenoxy) is 1. The van der Waals surface area contributed by atoms with E-state index in [0.29, 0.717) is 35.4 Å². The van der Waals surface area contributed by atoms with E-state index in [9.17, 15) is 26.7 Å². The number of hydrogen-bond donors (Lipinski definition) is 1. The molecule has 1 saturated heterocycles. The first-order valence-corrected chi connectivity index (χ1v) is 12.4. The van der Waals surface area contributed by atoms with Gasteiger partial charge in [-0.25, -0.2) is 23.7 Å². The number of anilines is 1. The van der Waals surface area contributed by atoms with Crippen molar-refractivity contribution in [3.8, 4) is 0 Å². The zero-order chi connectivity index (χ0) is 28.2. The van der Waals surface area contributed by atoms with Gasteiger partial charge in [0.15, 0.2) is 0 Å². The van der Waals surface area contributed by atoms with Gasteiger partial charge in [-0.1, -0.05) is 6.07 Å². The molecule has 3 heterocycles. The number of nitrogens with zero attached hydrogens (tertiary/aromatic N) is 5. The van der Waals surface area contributed by atoms with E-state index < -0.39 is 42.7 Å². The molecule has 13 heteroatoms. The fraction of sp³-hybridized carbons (Fsp3) is 0.462. The molecule has 39 heavy (non-hydrogen) atoms. The number of benzene rings is 1. The lowest BCUT2D eigenvalue weighted by Gasteiger charge is -2.37. The Balaban J connectivity index is 1.54. The van der Waals surface area contributed by atoms with Gasteiger partial charge in [-0.3, -0.25) is 9.69 Å². The number of hydrogen-bond acceptors (Lipinski definition) is 7. The summed E-state index contributed by atoms with van der Waals surface area (Å²) in [5.41, 5.74) is 1.26. The first-order valence-electron chi connectivity index (χ1n) is 12.4. The summed E-state index contributed by atoms with van der Waals surface area (Å²) in [6, 6.07) is 8.04. The molecule has 2 aromatic heterocycles. The molecule has 1 aliphatic heterocycles. The average Bonchev–Trinajstić information content (AvgIpc) is 2.91. The minimum atomic E-state index is -4.71. The van der Waals surface area contributed by atoms with Crippen LogP contribution in [-0.4, -0.2) is 78.6 Å². The Kier molecular flexibility index (Phi) is 8.60. The number of fused-ring (bicyclic) bond motifs is 1. The van der Waals surface area contributed by atoms with E-state index in [1.54, 1.807) is 42.3 Å². The summed E-state index contributed by atoms with van der Waals surface area (Å²) in [4.78, 5) is 28.3. The van der Waals surface area contributed by atoms with Crippen LogP contribution in [0, 0.1) is 0 Å². The van der Waals surface area contributed by atoms with Crippen LogP contribution in [0.3, 0.4) is 0 Å². The highest BCUT2D eigenvalue weighted by molar-refractivity contribution is 6.06. The number of halogens is 5. The van der Waals surface area contributed by atoms with Crippen molar-refractivity contribution >= 4 is 22.6 Å². The topological polar surface area (TPSA) is 83.5 Å². The number of aromatic nitrogens is 3. The fourth-order valence-corrected chi connectivity index (χ4v) is 4.46. The average molecular weight is 553 g/mol. The van der Waals surface area contributed by atoms with Crippen LogP contribution in [0.15, 0.2) is 42.7 Å². The van der Waals surface area contributed by atoms with E-state index >= 15 is 0 Å². The predicted octanol–water partition coefficient (Wildman–Crippen LogP) is 4.33. The Bertz CT molecular complexity index is 1280. The molecule has 210 valence electrons. The molecule has 1 N–H and O–H groups in total. The second-order valence-electron chi connectivity index (χ2n) is 9.41. The van der Waals surface area contributed by atoms with E-state index in [1.807, 2.05) is 11.9 Å². The molecular formula is C26H29F5N6O2. The third-order valence-electron chi connectivity index (χ3n) is 6.72. The Morgan fingerprint density at radius 3 is 2.49 bits per heavy atom. The molecule has 1 amide bonds. The van der Waals surface area contributed by atoms with Crippen molar-refractivity contribution < 1.29 is 31.5 Å². The SMILES string of the molecule is COCCN(C)c1ccc2c(C(=O)NCC(c3cnc(C(F)(F)F)nc3)N3CCC(F)(F)CC3)cccc2n1. The Morgan fingerprint density at radius 1 is 1.15 bits per heavy atom. The molecule has 0 saturated carbocycles. The van der Waals surface area contributed by atoms with Crippen LogP contribution in [0.1, 0.15) is 40.6 Å². The van der Waals surface area contributed by atoms with Crippen LogP contribution in [-0.2, 0) is 10.9 Å². The lowest BCUT2D eigenvalue weighted by atomic mass is 10.0. The maximum Gasteiger partial charge on any atom is 0.451 e.